The van der Waals surface area contributed by atoms with Gasteiger partial charge in [-0.25, -0.2) is 0 Å². The van der Waals surface area contributed by atoms with E-state index in [9.17, 15) is 0 Å². The number of hydrogen-bond acceptors (Lipinski definition) is 1. The maximum absolute atomic E-state index is 5.40. The molecule has 0 amide bonds. The molecule has 0 aliphatic carbocycles. The van der Waals surface area contributed by atoms with Crippen molar-refractivity contribution in [2.45, 2.75) is 0 Å². The summed E-state index contributed by atoms with van der Waals surface area (Å²) >= 11 is 3.69. The minimum atomic E-state index is -1.42. The van der Waals surface area contributed by atoms with Crippen molar-refractivity contribution in [3.05, 3.63) is 0 Å². The molecule has 0 saturated carbocycles. The molecular formula is C5H15BrNP. The molecule has 0 heterocycles. The third-order valence-electron chi connectivity index (χ3n) is 0.884. The van der Waals surface area contributed by atoms with Crippen molar-refractivity contribution in [3.63, 3.8) is 0 Å². The number of hydrogen-bond donors (Lipinski definition) is 1. The number of nitrogens with two attached hydrogens (primary N) is 1. The zero-order chi connectivity index (χ0) is 6.86. The van der Waals surface area contributed by atoms with Crippen LogP contribution in [0, 0.1) is 0 Å². The summed E-state index contributed by atoms with van der Waals surface area (Å²) < 4.78 is 0. The van der Waals surface area contributed by atoms with Crippen LogP contribution in [0.4, 0.5) is 0 Å². The van der Waals surface area contributed by atoms with Crippen LogP contribution in [0.15, 0.2) is 0 Å². The van der Waals surface area contributed by atoms with E-state index in [2.05, 4.69) is 35.5 Å². The predicted molar refractivity (Wildman–Crippen MR) is 47.5 cm³/mol. The van der Waals surface area contributed by atoms with Crippen LogP contribution in [-0.2, 0) is 0 Å². The van der Waals surface area contributed by atoms with Crippen LogP contribution in [0.3, 0.4) is 0 Å². The first kappa shape index (κ1) is 8.87. The fourth-order valence-electron chi connectivity index (χ4n) is 0.436. The SMILES string of the molecule is CP(C)(C)(Br)CCN. The second-order valence-electron chi connectivity index (χ2n) is 3.43. The molecule has 2 N–H and O–H groups in total. The van der Waals surface area contributed by atoms with Crippen LogP contribution in [0.5, 0.6) is 0 Å². The van der Waals surface area contributed by atoms with Gasteiger partial charge in [-0.05, 0) is 0 Å². The first-order chi connectivity index (χ1) is 3.31. The molecule has 0 aromatic rings. The molecule has 0 atom stereocenters. The summed E-state index contributed by atoms with van der Waals surface area (Å²) in [4.78, 5) is 0. The molecule has 0 rings (SSSR count). The Kier molecular flexibility index (Phi) is 2.49. The fourth-order valence-corrected chi connectivity index (χ4v) is 1.92. The second kappa shape index (κ2) is 2.24. The van der Waals surface area contributed by atoms with Crippen LogP contribution in [0.2, 0.25) is 0 Å². The summed E-state index contributed by atoms with van der Waals surface area (Å²) in [6.07, 6.45) is 1.13. The Morgan fingerprint density at radius 3 is 1.75 bits per heavy atom. The average molecular weight is 200 g/mol. The molecule has 0 aliphatic rings. The van der Waals surface area contributed by atoms with Crippen molar-refractivity contribution in [1.29, 1.82) is 0 Å². The third-order valence-corrected chi connectivity index (χ3v) is 3.72. The van der Waals surface area contributed by atoms with Crippen LogP contribution in [0.25, 0.3) is 0 Å². The van der Waals surface area contributed by atoms with Crippen molar-refractivity contribution in [2.24, 2.45) is 5.73 Å². The summed E-state index contributed by atoms with van der Waals surface area (Å²) in [5.41, 5.74) is 5.40. The van der Waals surface area contributed by atoms with Gasteiger partial charge in [0.25, 0.3) is 0 Å². The van der Waals surface area contributed by atoms with Gasteiger partial charge in [0.05, 0.1) is 0 Å². The van der Waals surface area contributed by atoms with Crippen molar-refractivity contribution < 1.29 is 0 Å². The molecule has 0 bridgehead atoms. The van der Waals surface area contributed by atoms with Gasteiger partial charge in [0, 0.05) is 0 Å². The maximum atomic E-state index is 5.40. The Bertz CT molecular complexity index is 74.9. The van der Waals surface area contributed by atoms with E-state index in [0.29, 0.717) is 0 Å². The van der Waals surface area contributed by atoms with Crippen molar-refractivity contribution in [3.8, 4) is 0 Å². The summed E-state index contributed by atoms with van der Waals surface area (Å²) in [5, 5.41) is -1.42. The Morgan fingerprint density at radius 1 is 1.38 bits per heavy atom. The topological polar surface area (TPSA) is 26.0 Å². The summed E-state index contributed by atoms with van der Waals surface area (Å²) in [6, 6.07) is 0. The molecule has 0 unspecified atom stereocenters. The molecule has 0 radical (unpaired) electrons. The number of rotatable bonds is 2. The molecule has 0 spiro atoms. The van der Waals surface area contributed by atoms with Gasteiger partial charge in [-0.15, -0.1) is 0 Å². The average Bonchev–Trinajstić information content (AvgIpc) is 1.25. The van der Waals surface area contributed by atoms with E-state index in [1.54, 1.807) is 0 Å². The molecule has 0 aromatic carbocycles. The molecule has 3 heteroatoms. The second-order valence-corrected chi connectivity index (χ2v) is 17.6. The van der Waals surface area contributed by atoms with Gasteiger partial charge >= 0.3 is 59.2 Å². The molecule has 0 aliphatic heterocycles. The van der Waals surface area contributed by atoms with Gasteiger partial charge in [-0.1, -0.05) is 0 Å². The van der Waals surface area contributed by atoms with Crippen molar-refractivity contribution in [2.75, 3.05) is 32.7 Å². The molecule has 0 saturated heterocycles. The Morgan fingerprint density at radius 2 is 1.75 bits per heavy atom. The van der Waals surface area contributed by atoms with E-state index in [4.69, 9.17) is 5.73 Å². The van der Waals surface area contributed by atoms with Gasteiger partial charge in [0.15, 0.2) is 0 Å². The van der Waals surface area contributed by atoms with Gasteiger partial charge in [0.1, 0.15) is 0 Å². The quantitative estimate of drug-likeness (QED) is 0.674. The standard InChI is InChI=1S/C5H15BrNP/c1-8(2,3,6)5-4-7/h4-5,7H2,1-3H3. The molecule has 8 heavy (non-hydrogen) atoms. The third kappa shape index (κ3) is 6.87. The molecule has 52 valence electrons. The molecular weight excluding hydrogens is 185 g/mol. The molecule has 1 nitrogen and oxygen atoms in total. The zero-order valence-corrected chi connectivity index (χ0v) is 8.30. The van der Waals surface area contributed by atoms with E-state index in [1.807, 2.05) is 0 Å². The van der Waals surface area contributed by atoms with Crippen LogP contribution >= 0.6 is 20.8 Å². The van der Waals surface area contributed by atoms with E-state index >= 15 is 0 Å². The van der Waals surface area contributed by atoms with Crippen molar-refractivity contribution in [1.82, 2.24) is 0 Å². The zero-order valence-electron chi connectivity index (χ0n) is 5.82. The van der Waals surface area contributed by atoms with Gasteiger partial charge < -0.3 is 0 Å². The van der Waals surface area contributed by atoms with E-state index in [0.717, 1.165) is 12.7 Å². The molecule has 0 aromatic heterocycles. The van der Waals surface area contributed by atoms with Crippen LogP contribution in [-0.4, -0.2) is 32.7 Å². The van der Waals surface area contributed by atoms with Crippen LogP contribution in [0.1, 0.15) is 0 Å². The normalized spacial score (nSPS) is 17.4. The van der Waals surface area contributed by atoms with E-state index in [-0.39, 0.29) is 0 Å². The molecule has 0 fully saturated rings. The predicted octanol–water partition coefficient (Wildman–Crippen LogP) is 1.70. The van der Waals surface area contributed by atoms with E-state index in [1.165, 1.54) is 0 Å². The summed E-state index contributed by atoms with van der Waals surface area (Å²) in [5.74, 6) is 0. The minimum absolute atomic E-state index is 0.798. The first-order valence-corrected chi connectivity index (χ1v) is 8.52. The number of halogens is 1. The van der Waals surface area contributed by atoms with E-state index < -0.39 is 5.31 Å². The summed E-state index contributed by atoms with van der Waals surface area (Å²) in [7, 11) is 0. The Labute approximate surface area is 59.7 Å². The van der Waals surface area contributed by atoms with Gasteiger partial charge in [0.2, 0.25) is 0 Å². The summed E-state index contributed by atoms with van der Waals surface area (Å²) in [6.45, 7) is 7.59. The Hall–Kier alpha value is 0.870. The monoisotopic (exact) mass is 199 g/mol. The van der Waals surface area contributed by atoms with Gasteiger partial charge in [-0.2, -0.15) is 0 Å². The van der Waals surface area contributed by atoms with Crippen LogP contribution < -0.4 is 5.73 Å². The van der Waals surface area contributed by atoms with Gasteiger partial charge in [-0.3, -0.25) is 0 Å². The fraction of sp³-hybridized carbons (Fsp3) is 1.00. The Balaban J connectivity index is 3.73. The van der Waals surface area contributed by atoms with Crippen molar-refractivity contribution >= 4 is 20.8 Å². The first-order valence-electron chi connectivity index (χ1n) is 2.74.